The van der Waals surface area contributed by atoms with Crippen molar-refractivity contribution >= 4 is 17.5 Å². The van der Waals surface area contributed by atoms with E-state index >= 15 is 0 Å². The third-order valence-corrected chi connectivity index (χ3v) is 6.66. The van der Waals surface area contributed by atoms with Crippen molar-refractivity contribution in [1.82, 2.24) is 10.6 Å². The van der Waals surface area contributed by atoms with Crippen LogP contribution in [0.15, 0.2) is 24.3 Å². The summed E-state index contributed by atoms with van der Waals surface area (Å²) in [5.41, 5.74) is 1.18. The van der Waals surface area contributed by atoms with Crippen LogP contribution in [0.4, 0.5) is 5.69 Å². The summed E-state index contributed by atoms with van der Waals surface area (Å²) in [4.78, 5) is 27.9. The first-order valence-corrected chi connectivity index (χ1v) is 11.3. The van der Waals surface area contributed by atoms with Crippen molar-refractivity contribution in [1.29, 1.82) is 5.26 Å². The van der Waals surface area contributed by atoms with Crippen molar-refractivity contribution < 1.29 is 9.59 Å². The van der Waals surface area contributed by atoms with Gasteiger partial charge in [-0.05, 0) is 51.2 Å². The molecule has 1 heterocycles. The van der Waals surface area contributed by atoms with Gasteiger partial charge in [0, 0.05) is 17.8 Å². The second-order valence-corrected chi connectivity index (χ2v) is 8.94. The van der Waals surface area contributed by atoms with E-state index in [2.05, 4.69) is 35.5 Å². The molecule has 0 unspecified atom stereocenters. The second-order valence-electron chi connectivity index (χ2n) is 8.94. The Hall–Kier alpha value is -2.55. The largest absolute Gasteiger partial charge is 0.359 e. The lowest BCUT2D eigenvalue weighted by Gasteiger charge is -2.41. The molecule has 1 aromatic rings. The van der Waals surface area contributed by atoms with Crippen LogP contribution < -0.4 is 15.5 Å². The summed E-state index contributed by atoms with van der Waals surface area (Å²) in [6.45, 7) is 6.33. The normalized spacial score (nSPS) is 23.6. The summed E-state index contributed by atoms with van der Waals surface area (Å²) >= 11 is 0. The fourth-order valence-corrected chi connectivity index (χ4v) is 4.69. The first kappa shape index (κ1) is 22.1. The van der Waals surface area contributed by atoms with Crippen LogP contribution in [0.2, 0.25) is 0 Å². The summed E-state index contributed by atoms with van der Waals surface area (Å²) in [6, 6.07) is 10.4. The van der Waals surface area contributed by atoms with Crippen molar-refractivity contribution in [2.24, 2.45) is 0 Å². The number of rotatable bonds is 6. The third-order valence-electron chi connectivity index (χ3n) is 6.66. The first-order chi connectivity index (χ1) is 14.4. The van der Waals surface area contributed by atoms with Gasteiger partial charge in [-0.15, -0.1) is 0 Å². The highest BCUT2D eigenvalue weighted by Gasteiger charge is 2.37. The van der Waals surface area contributed by atoms with Gasteiger partial charge in [-0.2, -0.15) is 5.26 Å². The zero-order valence-electron chi connectivity index (χ0n) is 18.4. The number of nitriles is 1. The number of fused-ring (bicyclic) bond motifs is 1. The molecule has 3 rings (SSSR count). The lowest BCUT2D eigenvalue weighted by molar-refractivity contribution is -0.123. The molecule has 0 radical (unpaired) electrons. The molecule has 1 aromatic carbocycles. The van der Waals surface area contributed by atoms with Crippen LogP contribution in [0.25, 0.3) is 0 Å². The minimum absolute atomic E-state index is 0.0442. The zero-order chi connectivity index (χ0) is 21.7. The average molecular weight is 411 g/mol. The van der Waals surface area contributed by atoms with Gasteiger partial charge in [-0.25, -0.2) is 0 Å². The Labute approximate surface area is 180 Å². The highest BCUT2D eigenvalue weighted by molar-refractivity contribution is 5.88. The third kappa shape index (κ3) is 4.77. The van der Waals surface area contributed by atoms with Gasteiger partial charge >= 0.3 is 0 Å². The molecule has 0 spiro atoms. The molecule has 2 aliphatic rings. The van der Waals surface area contributed by atoms with Crippen LogP contribution in [-0.2, 0) is 9.59 Å². The Morgan fingerprint density at radius 1 is 1.27 bits per heavy atom. The molecule has 0 saturated heterocycles. The molecule has 2 N–H and O–H groups in total. The fourth-order valence-electron chi connectivity index (χ4n) is 4.69. The smallest absolute Gasteiger partial charge is 0.240 e. The van der Waals surface area contributed by atoms with Crippen LogP contribution in [-0.4, -0.2) is 36.0 Å². The summed E-state index contributed by atoms with van der Waals surface area (Å²) in [6.07, 6.45) is 6.07. The van der Waals surface area contributed by atoms with Gasteiger partial charge in [0.2, 0.25) is 11.8 Å². The molecule has 2 amide bonds. The number of carbonyl (C=O) groups is 2. The maximum atomic E-state index is 12.9. The molecule has 1 saturated carbocycles. The number of hydrogen-bond donors (Lipinski definition) is 2. The monoisotopic (exact) mass is 410 g/mol. The van der Waals surface area contributed by atoms with E-state index in [0.717, 1.165) is 49.8 Å². The van der Waals surface area contributed by atoms with E-state index in [-0.39, 0.29) is 36.4 Å². The molecule has 3 atom stereocenters. The average Bonchev–Trinajstić information content (AvgIpc) is 2.75. The van der Waals surface area contributed by atoms with Gasteiger partial charge in [-0.3, -0.25) is 9.59 Å². The summed E-state index contributed by atoms with van der Waals surface area (Å²) in [5.74, 6) is -0.283. The lowest BCUT2D eigenvalue weighted by atomic mass is 9.82. The number of nitrogens with one attached hydrogen (secondary N) is 2. The van der Waals surface area contributed by atoms with Crippen LogP contribution in [0.1, 0.15) is 77.2 Å². The van der Waals surface area contributed by atoms with E-state index in [1.54, 1.807) is 0 Å². The number of amides is 2. The SMILES string of the molecule is CC[C@H](C)NC(=O)[C@@H]1C[C@@H](C)N(CC(=O)NC2(C#N)CCCCC2)c2ccccc21. The highest BCUT2D eigenvalue weighted by atomic mass is 16.2. The standard InChI is InChI=1S/C24H34N4O2/c1-4-17(2)26-23(30)20-14-18(3)28(21-11-7-6-10-19(20)21)15-22(29)27-24(16-25)12-8-5-9-13-24/h6-7,10-11,17-18,20H,4-5,8-9,12-15H2,1-3H3,(H,26,30)(H,27,29)/t17-,18+,20+/m0/s1. The molecule has 162 valence electrons. The number of benzene rings is 1. The van der Waals surface area contributed by atoms with Crippen molar-refractivity contribution in [2.45, 2.75) is 89.3 Å². The van der Waals surface area contributed by atoms with E-state index in [9.17, 15) is 14.9 Å². The summed E-state index contributed by atoms with van der Waals surface area (Å²) in [5, 5.41) is 15.8. The second kappa shape index (κ2) is 9.51. The molecular weight excluding hydrogens is 376 g/mol. The molecule has 0 bridgehead atoms. The van der Waals surface area contributed by atoms with E-state index in [0.29, 0.717) is 6.42 Å². The number of anilines is 1. The molecule has 6 heteroatoms. The van der Waals surface area contributed by atoms with Crippen molar-refractivity contribution in [3.05, 3.63) is 29.8 Å². The quantitative estimate of drug-likeness (QED) is 0.750. The Bertz CT molecular complexity index is 810. The zero-order valence-corrected chi connectivity index (χ0v) is 18.4. The van der Waals surface area contributed by atoms with Gasteiger partial charge in [0.1, 0.15) is 5.54 Å². The molecule has 1 aliphatic carbocycles. The van der Waals surface area contributed by atoms with E-state index in [1.807, 2.05) is 31.2 Å². The van der Waals surface area contributed by atoms with E-state index < -0.39 is 5.54 Å². The number of para-hydroxylation sites is 1. The van der Waals surface area contributed by atoms with Crippen LogP contribution in [0, 0.1) is 11.3 Å². The van der Waals surface area contributed by atoms with Gasteiger partial charge in [0.25, 0.3) is 0 Å². The van der Waals surface area contributed by atoms with Crippen LogP contribution >= 0.6 is 0 Å². The maximum absolute atomic E-state index is 12.9. The van der Waals surface area contributed by atoms with Gasteiger partial charge in [0.05, 0.1) is 18.5 Å². The van der Waals surface area contributed by atoms with E-state index in [1.165, 1.54) is 0 Å². The first-order valence-electron chi connectivity index (χ1n) is 11.3. The van der Waals surface area contributed by atoms with Crippen LogP contribution in [0.5, 0.6) is 0 Å². The predicted octanol–water partition coefficient (Wildman–Crippen LogP) is 3.63. The van der Waals surface area contributed by atoms with Gasteiger partial charge in [-0.1, -0.05) is 44.4 Å². The number of carbonyl (C=O) groups excluding carboxylic acids is 2. The topological polar surface area (TPSA) is 85.2 Å². The lowest BCUT2D eigenvalue weighted by Crippen LogP contribution is -2.54. The van der Waals surface area contributed by atoms with Gasteiger partial charge < -0.3 is 15.5 Å². The molecule has 0 aromatic heterocycles. The molecule has 1 fully saturated rings. The Morgan fingerprint density at radius 3 is 2.63 bits per heavy atom. The molecule has 1 aliphatic heterocycles. The Morgan fingerprint density at radius 2 is 1.97 bits per heavy atom. The summed E-state index contributed by atoms with van der Waals surface area (Å²) < 4.78 is 0. The minimum atomic E-state index is -0.730. The molecular formula is C24H34N4O2. The fraction of sp³-hybridized carbons (Fsp3) is 0.625. The van der Waals surface area contributed by atoms with Crippen LogP contribution in [0.3, 0.4) is 0 Å². The molecule has 6 nitrogen and oxygen atoms in total. The number of hydrogen-bond acceptors (Lipinski definition) is 4. The predicted molar refractivity (Wildman–Crippen MR) is 118 cm³/mol. The number of nitrogens with zero attached hydrogens (tertiary/aromatic N) is 2. The van der Waals surface area contributed by atoms with Crippen molar-refractivity contribution in [2.75, 3.05) is 11.4 Å². The van der Waals surface area contributed by atoms with Gasteiger partial charge in [0.15, 0.2) is 0 Å². The Balaban J connectivity index is 1.77. The maximum Gasteiger partial charge on any atom is 0.240 e. The van der Waals surface area contributed by atoms with E-state index in [4.69, 9.17) is 0 Å². The highest BCUT2D eigenvalue weighted by Crippen LogP contribution is 2.38. The van der Waals surface area contributed by atoms with Crippen molar-refractivity contribution in [3.63, 3.8) is 0 Å². The summed E-state index contributed by atoms with van der Waals surface area (Å²) in [7, 11) is 0. The van der Waals surface area contributed by atoms with Crippen molar-refractivity contribution in [3.8, 4) is 6.07 Å². The minimum Gasteiger partial charge on any atom is -0.359 e. The Kier molecular flexibility index (Phi) is 7.02. The molecule has 30 heavy (non-hydrogen) atoms.